The number of hydrogen-bond donors (Lipinski definition) is 0. The van der Waals surface area contributed by atoms with Gasteiger partial charge in [-0.1, -0.05) is 97.9 Å². The second kappa shape index (κ2) is 18.0. The molecule has 6 saturated carbocycles. The van der Waals surface area contributed by atoms with Crippen LogP contribution in [0.1, 0.15) is 172 Å². The lowest BCUT2D eigenvalue weighted by atomic mass is 9.49. The maximum atomic E-state index is 7.20. The average molecular weight is 930 g/mol. The molecule has 0 N–H and O–H groups in total. The van der Waals surface area contributed by atoms with Gasteiger partial charge in [0.1, 0.15) is 0 Å². The van der Waals surface area contributed by atoms with Crippen LogP contribution >= 0.6 is 9.24 Å². The Kier molecular flexibility index (Phi) is 14.0. The number of rotatable bonds is 8. The quantitative estimate of drug-likeness (QED) is 0.148. The number of allylic oxidation sites excluding steroid dienone is 2. The van der Waals surface area contributed by atoms with Gasteiger partial charge in [-0.2, -0.15) is 0 Å². The van der Waals surface area contributed by atoms with Crippen LogP contribution in [0.2, 0.25) is 36.3 Å². The summed E-state index contributed by atoms with van der Waals surface area (Å²) in [6.07, 6.45) is 27.3. The third kappa shape index (κ3) is 9.53. The van der Waals surface area contributed by atoms with Crippen molar-refractivity contribution in [2.24, 2.45) is 70.0 Å². The van der Waals surface area contributed by atoms with Crippen LogP contribution < -0.4 is 5.30 Å². The molecule has 0 amide bonds. The van der Waals surface area contributed by atoms with Crippen LogP contribution in [0.4, 0.5) is 0 Å². The van der Waals surface area contributed by atoms with E-state index in [2.05, 4.69) is 117 Å². The molecule has 0 radical (unpaired) electrons. The Balaban J connectivity index is 0.000000731. The van der Waals surface area contributed by atoms with Crippen LogP contribution in [0.15, 0.2) is 53.6 Å². The lowest BCUT2D eigenvalue weighted by Gasteiger charge is -2.58. The topological polar surface area (TPSA) is 27.7 Å². The van der Waals surface area contributed by atoms with Crippen molar-refractivity contribution in [2.45, 2.75) is 219 Å². The predicted octanol–water partition coefficient (Wildman–Crippen LogP) is 16.1. The molecule has 0 bridgehead atoms. The summed E-state index contributed by atoms with van der Waals surface area (Å²) in [6.45, 7) is 36.3. The number of fused-ring (bicyclic) bond motifs is 10. The van der Waals surface area contributed by atoms with Crippen molar-refractivity contribution in [3.8, 4) is 0 Å². The molecule has 15 atom stereocenters. The third-order valence-corrected chi connectivity index (χ3v) is 31.5. The summed E-state index contributed by atoms with van der Waals surface area (Å²) in [5.74, 6) is 8.97. The van der Waals surface area contributed by atoms with Crippen molar-refractivity contribution < 1.29 is 13.6 Å². The van der Waals surface area contributed by atoms with Gasteiger partial charge in [-0.3, -0.25) is 0 Å². The van der Waals surface area contributed by atoms with E-state index in [9.17, 15) is 0 Å². The summed E-state index contributed by atoms with van der Waals surface area (Å²) in [4.78, 5) is 0. The van der Waals surface area contributed by atoms with Crippen molar-refractivity contribution in [1.29, 1.82) is 0 Å². The fourth-order valence-corrected chi connectivity index (χ4v) is 20.0. The SMILES string of the molecule is CC(C)(C)[Si](C)(C)O[C@]1(C)CC[C@H]2[C@H](CC[C@@H]3[C@@H]2CC[C@]2(C)C(COCC4=CC[C@H]5[C@@H]6CC[C@@H]7C[C@](C)(O[Si](C)(C)C(C)(C)C)CC[C@@H]7[C@H]6CC[C@]45C)=CC[C@@H]32)C1.Pc1ccccc1. The highest BCUT2D eigenvalue weighted by atomic mass is 31.0. The predicted molar refractivity (Wildman–Crippen MR) is 281 cm³/mol. The molecule has 0 heterocycles. The lowest BCUT2D eigenvalue weighted by Crippen LogP contribution is -2.54. The van der Waals surface area contributed by atoms with Crippen molar-refractivity contribution in [3.63, 3.8) is 0 Å². The van der Waals surface area contributed by atoms with Gasteiger partial charge in [-0.15, -0.1) is 9.24 Å². The highest BCUT2D eigenvalue weighted by Crippen LogP contribution is 2.66. The molecule has 1 aromatic rings. The van der Waals surface area contributed by atoms with E-state index in [4.69, 9.17) is 13.6 Å². The zero-order valence-electron chi connectivity index (χ0n) is 43.8. The highest BCUT2D eigenvalue weighted by molar-refractivity contribution is 7.27. The van der Waals surface area contributed by atoms with E-state index in [0.717, 1.165) is 72.4 Å². The molecular weight excluding hydrogens is 832 g/mol. The minimum absolute atomic E-state index is 0.0861. The molecule has 0 aliphatic heterocycles. The maximum absolute atomic E-state index is 7.20. The van der Waals surface area contributed by atoms with Crippen LogP contribution in [-0.2, 0) is 13.6 Å². The molecule has 9 rings (SSSR count). The van der Waals surface area contributed by atoms with Crippen molar-refractivity contribution >= 4 is 31.2 Å². The van der Waals surface area contributed by atoms with Gasteiger partial charge in [0.05, 0.1) is 24.4 Å². The summed E-state index contributed by atoms with van der Waals surface area (Å²) in [5, 5.41) is 1.80. The van der Waals surface area contributed by atoms with Gasteiger partial charge in [0.25, 0.3) is 0 Å². The molecule has 6 heteroatoms. The molecule has 6 fully saturated rings. The Morgan fingerprint density at radius 2 is 0.922 bits per heavy atom. The summed E-state index contributed by atoms with van der Waals surface area (Å²) < 4.78 is 21.3. The zero-order valence-corrected chi connectivity index (χ0v) is 47.0. The molecule has 8 aliphatic rings. The zero-order chi connectivity index (χ0) is 46.3. The standard InChI is InChI=1S/C52H90O3Si2.C6H7P/c1-47(2,3)56(11,12)54-49(7)27-23-39-35(31-49)15-19-43-41(39)25-29-51(9)37(17-21-45(43)51)33-53-34-38-18-22-46-44-20-16-36-32-50(8,55-57(13,14)48(4,5)6)28-24-40(36)42(44)26-30-52(38,46)10;7-6-4-2-1-3-5-6/h17-18,35-36,39-46H,15-16,19-34H2,1-14H3;1-5H,7H2/t35-,36-,39+,40+,41-,42-,43-,44-,45+,46+,49-,50-,51-,52-;/m1./s1. The van der Waals surface area contributed by atoms with Gasteiger partial charge in [0.15, 0.2) is 16.6 Å². The molecule has 8 aliphatic carbocycles. The maximum Gasteiger partial charge on any atom is 0.192 e. The van der Waals surface area contributed by atoms with Crippen molar-refractivity contribution in [2.75, 3.05) is 13.2 Å². The van der Waals surface area contributed by atoms with Crippen molar-refractivity contribution in [1.82, 2.24) is 0 Å². The van der Waals surface area contributed by atoms with Gasteiger partial charge in [0, 0.05) is 0 Å². The first-order valence-corrected chi connectivity index (χ1v) is 33.4. The summed E-state index contributed by atoms with van der Waals surface area (Å²) in [7, 11) is -0.923. The van der Waals surface area contributed by atoms with Crippen LogP contribution in [0.25, 0.3) is 0 Å². The Morgan fingerprint density at radius 3 is 1.28 bits per heavy atom. The Bertz CT molecular complexity index is 1750. The fraction of sp³-hybridized carbons (Fsp3) is 0.828. The summed E-state index contributed by atoms with van der Waals surface area (Å²) in [5.41, 5.74) is 4.20. The fourth-order valence-electron chi connectivity index (χ4n) is 16.3. The first-order valence-electron chi connectivity index (χ1n) is 27.0. The Morgan fingerprint density at radius 1 is 0.531 bits per heavy atom. The number of hydrogen-bond acceptors (Lipinski definition) is 3. The number of benzene rings is 1. The molecule has 0 spiro atoms. The second-order valence-electron chi connectivity index (χ2n) is 27.7. The molecule has 1 unspecified atom stereocenters. The van der Waals surface area contributed by atoms with Gasteiger partial charge in [0.2, 0.25) is 0 Å². The van der Waals surface area contributed by atoms with E-state index in [1.165, 1.54) is 108 Å². The van der Waals surface area contributed by atoms with E-state index in [1.54, 1.807) is 11.1 Å². The summed E-state index contributed by atoms with van der Waals surface area (Å²) in [6, 6.07) is 10.1. The lowest BCUT2D eigenvalue weighted by molar-refractivity contribution is -0.0886. The van der Waals surface area contributed by atoms with Gasteiger partial charge in [-0.05, 0) is 239 Å². The van der Waals surface area contributed by atoms with Gasteiger partial charge < -0.3 is 13.6 Å². The highest BCUT2D eigenvalue weighted by Gasteiger charge is 2.58. The number of ether oxygens (including phenoxy) is 1. The van der Waals surface area contributed by atoms with Crippen LogP contribution in [0.3, 0.4) is 0 Å². The Labute approximate surface area is 399 Å². The van der Waals surface area contributed by atoms with Gasteiger partial charge >= 0.3 is 0 Å². The van der Waals surface area contributed by atoms with E-state index in [-0.39, 0.29) is 21.3 Å². The van der Waals surface area contributed by atoms with E-state index in [0.29, 0.717) is 10.8 Å². The van der Waals surface area contributed by atoms with E-state index >= 15 is 0 Å². The Hall–Kier alpha value is -0.556. The average Bonchev–Trinajstić information content (AvgIpc) is 3.72. The second-order valence-corrected chi connectivity index (χ2v) is 37.8. The van der Waals surface area contributed by atoms with E-state index in [1.807, 2.05) is 30.3 Å². The molecule has 3 nitrogen and oxygen atoms in total. The minimum Gasteiger partial charge on any atom is -0.412 e. The minimum atomic E-state index is -1.78. The largest absolute Gasteiger partial charge is 0.412 e. The smallest absolute Gasteiger partial charge is 0.192 e. The first-order chi connectivity index (χ1) is 29.8. The molecule has 64 heavy (non-hydrogen) atoms. The normalized spacial score (nSPS) is 42.0. The summed E-state index contributed by atoms with van der Waals surface area (Å²) >= 11 is 0. The van der Waals surface area contributed by atoms with E-state index < -0.39 is 16.6 Å². The first kappa shape index (κ1) is 49.9. The molecular formula is C58H97O3PSi2. The van der Waals surface area contributed by atoms with Gasteiger partial charge in [-0.25, -0.2) is 0 Å². The van der Waals surface area contributed by atoms with Crippen LogP contribution in [0.5, 0.6) is 0 Å². The molecule has 0 aromatic heterocycles. The third-order valence-electron chi connectivity index (χ3n) is 21.9. The molecule has 360 valence electrons. The van der Waals surface area contributed by atoms with Crippen LogP contribution in [0, 0.1) is 70.0 Å². The molecule has 1 aromatic carbocycles. The van der Waals surface area contributed by atoms with Crippen LogP contribution in [-0.4, -0.2) is 41.1 Å². The van der Waals surface area contributed by atoms with Crippen molar-refractivity contribution in [3.05, 3.63) is 53.6 Å². The monoisotopic (exact) mass is 929 g/mol. The molecule has 0 saturated heterocycles.